The minimum Gasteiger partial charge on any atom is -0.354 e. The van der Waals surface area contributed by atoms with E-state index in [1.54, 1.807) is 0 Å². The number of likely N-dealkylation sites (tertiary alicyclic amines) is 1. The Balaban J connectivity index is 1.81. The average Bonchev–Trinajstić information content (AvgIpc) is 2.62. The van der Waals surface area contributed by atoms with Crippen molar-refractivity contribution in [1.29, 1.82) is 0 Å². The van der Waals surface area contributed by atoms with Crippen molar-refractivity contribution in [3.05, 3.63) is 0 Å². The van der Waals surface area contributed by atoms with E-state index in [1.165, 1.54) is 12.8 Å². The molecule has 5 nitrogen and oxygen atoms in total. The lowest BCUT2D eigenvalue weighted by Gasteiger charge is -2.26. The molecule has 2 rings (SSSR count). The number of rotatable bonds is 3. The minimum absolute atomic E-state index is 0.0712. The summed E-state index contributed by atoms with van der Waals surface area (Å²) < 4.78 is 0. The van der Waals surface area contributed by atoms with Crippen LogP contribution in [0.1, 0.15) is 39.0 Å². The molecule has 18 heavy (non-hydrogen) atoms. The molecule has 0 aliphatic carbocycles. The Bertz CT molecular complexity index is 311. The van der Waals surface area contributed by atoms with Gasteiger partial charge in [-0.05, 0) is 19.8 Å². The first-order chi connectivity index (χ1) is 8.66. The Kier molecular flexibility index (Phi) is 4.58. The van der Waals surface area contributed by atoms with Crippen LogP contribution in [0, 0.1) is 0 Å². The predicted octanol–water partition coefficient (Wildman–Crippen LogP) is 0.256. The largest absolute Gasteiger partial charge is 0.354 e. The standard InChI is InChI=1S/C13H23N3O2/c1-10(15-11-8-12(17)14-9-11)13(18)16-6-4-2-3-5-7-16/h10-11,15H,2-9H2,1H3,(H,14,17). The Labute approximate surface area is 108 Å². The van der Waals surface area contributed by atoms with Crippen molar-refractivity contribution in [2.24, 2.45) is 0 Å². The van der Waals surface area contributed by atoms with Gasteiger partial charge in [-0.15, -0.1) is 0 Å². The maximum atomic E-state index is 12.3. The van der Waals surface area contributed by atoms with Crippen molar-refractivity contribution in [1.82, 2.24) is 15.5 Å². The molecular weight excluding hydrogens is 230 g/mol. The fraction of sp³-hybridized carbons (Fsp3) is 0.846. The highest BCUT2D eigenvalue weighted by atomic mass is 16.2. The molecule has 0 aromatic carbocycles. The van der Waals surface area contributed by atoms with Crippen LogP contribution < -0.4 is 10.6 Å². The molecule has 2 aliphatic heterocycles. The van der Waals surface area contributed by atoms with Crippen molar-refractivity contribution in [3.8, 4) is 0 Å². The van der Waals surface area contributed by atoms with Crippen molar-refractivity contribution >= 4 is 11.8 Å². The smallest absolute Gasteiger partial charge is 0.239 e. The minimum atomic E-state index is -0.194. The Morgan fingerprint density at radius 2 is 2.00 bits per heavy atom. The first-order valence-electron chi connectivity index (χ1n) is 6.98. The van der Waals surface area contributed by atoms with Crippen LogP contribution in [0.25, 0.3) is 0 Å². The third kappa shape index (κ3) is 3.45. The van der Waals surface area contributed by atoms with E-state index >= 15 is 0 Å². The first-order valence-corrected chi connectivity index (χ1v) is 6.98. The number of carbonyl (C=O) groups excluding carboxylic acids is 2. The van der Waals surface area contributed by atoms with Crippen LogP contribution in [-0.2, 0) is 9.59 Å². The molecule has 5 heteroatoms. The quantitative estimate of drug-likeness (QED) is 0.758. The van der Waals surface area contributed by atoms with Crippen LogP contribution in [0.5, 0.6) is 0 Å². The number of hydrogen-bond donors (Lipinski definition) is 2. The van der Waals surface area contributed by atoms with Gasteiger partial charge in [0.05, 0.1) is 6.04 Å². The molecule has 0 aromatic heterocycles. The molecule has 0 bridgehead atoms. The summed E-state index contributed by atoms with van der Waals surface area (Å²) in [7, 11) is 0. The van der Waals surface area contributed by atoms with Crippen LogP contribution in [0.3, 0.4) is 0 Å². The monoisotopic (exact) mass is 253 g/mol. The highest BCUT2D eigenvalue weighted by Gasteiger charge is 2.27. The van der Waals surface area contributed by atoms with Gasteiger partial charge in [0.1, 0.15) is 0 Å². The SMILES string of the molecule is CC(NC1CNC(=O)C1)C(=O)N1CCCCCC1. The van der Waals surface area contributed by atoms with Gasteiger partial charge in [-0.2, -0.15) is 0 Å². The summed E-state index contributed by atoms with van der Waals surface area (Å²) in [5, 5.41) is 6.03. The Morgan fingerprint density at radius 3 is 2.56 bits per heavy atom. The predicted molar refractivity (Wildman–Crippen MR) is 69.1 cm³/mol. The Hall–Kier alpha value is -1.10. The zero-order valence-corrected chi connectivity index (χ0v) is 11.1. The summed E-state index contributed by atoms with van der Waals surface area (Å²) in [6.45, 7) is 4.30. The molecule has 0 radical (unpaired) electrons. The molecule has 2 unspecified atom stereocenters. The molecule has 0 aromatic rings. The lowest BCUT2D eigenvalue weighted by molar-refractivity contribution is -0.133. The summed E-state index contributed by atoms with van der Waals surface area (Å²) in [5.74, 6) is 0.248. The maximum absolute atomic E-state index is 12.3. The van der Waals surface area contributed by atoms with Gasteiger partial charge in [0.2, 0.25) is 11.8 Å². The topological polar surface area (TPSA) is 61.4 Å². The molecule has 0 saturated carbocycles. The average molecular weight is 253 g/mol. The van der Waals surface area contributed by atoms with E-state index in [2.05, 4.69) is 10.6 Å². The van der Waals surface area contributed by atoms with Gasteiger partial charge in [-0.3, -0.25) is 9.59 Å². The zero-order chi connectivity index (χ0) is 13.0. The number of nitrogens with one attached hydrogen (secondary N) is 2. The fourth-order valence-corrected chi connectivity index (χ4v) is 2.71. The number of amides is 2. The van der Waals surface area contributed by atoms with E-state index in [1.807, 2.05) is 11.8 Å². The second kappa shape index (κ2) is 6.18. The van der Waals surface area contributed by atoms with E-state index in [4.69, 9.17) is 0 Å². The van der Waals surface area contributed by atoms with E-state index in [0.29, 0.717) is 13.0 Å². The fourth-order valence-electron chi connectivity index (χ4n) is 2.71. The third-order valence-electron chi connectivity index (χ3n) is 3.75. The normalized spacial score (nSPS) is 26.6. The van der Waals surface area contributed by atoms with Gasteiger partial charge in [0.25, 0.3) is 0 Å². The van der Waals surface area contributed by atoms with Crippen LogP contribution in [0.15, 0.2) is 0 Å². The van der Waals surface area contributed by atoms with Gasteiger partial charge >= 0.3 is 0 Å². The molecule has 2 aliphatic rings. The van der Waals surface area contributed by atoms with E-state index in [0.717, 1.165) is 25.9 Å². The van der Waals surface area contributed by atoms with Crippen molar-refractivity contribution in [3.63, 3.8) is 0 Å². The van der Waals surface area contributed by atoms with Crippen LogP contribution in [-0.4, -0.2) is 48.4 Å². The zero-order valence-electron chi connectivity index (χ0n) is 11.1. The van der Waals surface area contributed by atoms with Crippen molar-refractivity contribution < 1.29 is 9.59 Å². The second-order valence-electron chi connectivity index (χ2n) is 5.33. The number of hydrogen-bond acceptors (Lipinski definition) is 3. The van der Waals surface area contributed by atoms with E-state index < -0.39 is 0 Å². The summed E-state index contributed by atoms with van der Waals surface area (Å²) in [6, 6.07) is -0.0933. The summed E-state index contributed by atoms with van der Waals surface area (Å²) in [4.78, 5) is 25.4. The summed E-state index contributed by atoms with van der Waals surface area (Å²) in [5.41, 5.74) is 0. The van der Waals surface area contributed by atoms with E-state index in [-0.39, 0.29) is 23.9 Å². The lowest BCUT2D eigenvalue weighted by atomic mass is 10.2. The van der Waals surface area contributed by atoms with Gasteiger partial charge in [-0.1, -0.05) is 12.8 Å². The van der Waals surface area contributed by atoms with Crippen LogP contribution in [0.4, 0.5) is 0 Å². The highest BCUT2D eigenvalue weighted by molar-refractivity contribution is 5.82. The van der Waals surface area contributed by atoms with Crippen LogP contribution >= 0.6 is 0 Å². The third-order valence-corrected chi connectivity index (χ3v) is 3.75. The van der Waals surface area contributed by atoms with Gasteiger partial charge < -0.3 is 15.5 Å². The lowest BCUT2D eigenvalue weighted by Crippen LogP contribution is -2.49. The van der Waals surface area contributed by atoms with Gasteiger partial charge in [0, 0.05) is 32.1 Å². The molecule has 2 N–H and O–H groups in total. The molecule has 2 saturated heterocycles. The molecule has 2 atom stereocenters. The first kappa shape index (κ1) is 13.3. The van der Waals surface area contributed by atoms with Crippen LogP contribution in [0.2, 0.25) is 0 Å². The van der Waals surface area contributed by atoms with Crippen molar-refractivity contribution in [2.75, 3.05) is 19.6 Å². The summed E-state index contributed by atoms with van der Waals surface area (Å²) in [6.07, 6.45) is 5.17. The van der Waals surface area contributed by atoms with Gasteiger partial charge in [-0.25, -0.2) is 0 Å². The molecule has 2 fully saturated rings. The maximum Gasteiger partial charge on any atom is 0.239 e. The second-order valence-corrected chi connectivity index (χ2v) is 5.33. The molecule has 2 heterocycles. The molecule has 0 spiro atoms. The Morgan fingerprint density at radius 1 is 1.33 bits per heavy atom. The molecule has 2 amide bonds. The van der Waals surface area contributed by atoms with Gasteiger partial charge in [0.15, 0.2) is 0 Å². The van der Waals surface area contributed by atoms with E-state index in [9.17, 15) is 9.59 Å². The molecule has 102 valence electrons. The highest BCUT2D eigenvalue weighted by Crippen LogP contribution is 2.11. The molecular formula is C13H23N3O2. The van der Waals surface area contributed by atoms with Crippen molar-refractivity contribution in [2.45, 2.75) is 51.1 Å². The number of nitrogens with zero attached hydrogens (tertiary/aromatic N) is 1. The number of carbonyl (C=O) groups is 2. The summed E-state index contributed by atoms with van der Waals surface area (Å²) >= 11 is 0.